The van der Waals surface area contributed by atoms with Crippen LogP contribution in [0.1, 0.15) is 6.92 Å². The average Bonchev–Trinajstić information content (AvgIpc) is 2.44. The number of hydrogen-bond donors (Lipinski definition) is 1. The van der Waals surface area contributed by atoms with Crippen molar-refractivity contribution in [2.24, 2.45) is 0 Å². The van der Waals surface area contributed by atoms with Gasteiger partial charge >= 0.3 is 0 Å². The van der Waals surface area contributed by atoms with Gasteiger partial charge in [0, 0.05) is 28.9 Å². The third-order valence-electron chi connectivity index (χ3n) is 1.70. The van der Waals surface area contributed by atoms with Gasteiger partial charge < -0.3 is 4.42 Å². The highest BCUT2D eigenvalue weighted by Gasteiger charge is 2.04. The summed E-state index contributed by atoms with van der Waals surface area (Å²) in [6, 6.07) is 8.51. The predicted octanol–water partition coefficient (Wildman–Crippen LogP) is 2.95. The Labute approximate surface area is 89.2 Å². The molecule has 0 saturated heterocycles. The van der Waals surface area contributed by atoms with Crippen LogP contribution in [-0.4, -0.2) is 5.91 Å². The number of hydrogen-bond acceptors (Lipinski definition) is 2. The first-order valence-corrected chi connectivity index (χ1v) is 4.83. The zero-order valence-electron chi connectivity index (χ0n) is 7.43. The van der Waals surface area contributed by atoms with Crippen LogP contribution in [0.25, 0.3) is 11.0 Å². The van der Waals surface area contributed by atoms with Crippen molar-refractivity contribution in [1.82, 2.24) is 0 Å². The van der Waals surface area contributed by atoms with E-state index in [0.717, 1.165) is 9.86 Å². The molecule has 0 aliphatic carbocycles. The quantitative estimate of drug-likeness (QED) is 0.848. The van der Waals surface area contributed by atoms with Crippen molar-refractivity contribution in [2.75, 3.05) is 5.32 Å². The first kappa shape index (κ1) is 9.27. The lowest BCUT2D eigenvalue weighted by molar-refractivity contribution is -0.114. The summed E-state index contributed by atoms with van der Waals surface area (Å²) in [7, 11) is 0. The van der Waals surface area contributed by atoms with E-state index in [-0.39, 0.29) is 5.91 Å². The van der Waals surface area contributed by atoms with E-state index in [0.29, 0.717) is 11.5 Å². The van der Waals surface area contributed by atoms with E-state index >= 15 is 0 Å². The molecule has 0 aliphatic rings. The van der Waals surface area contributed by atoms with Gasteiger partial charge in [-0.25, -0.2) is 0 Å². The molecule has 1 amide bonds. The Morgan fingerprint density at radius 2 is 2.36 bits per heavy atom. The smallest absolute Gasteiger partial charge is 0.223 e. The fourth-order valence-corrected chi connectivity index (χ4v) is 1.49. The Morgan fingerprint density at radius 3 is 3.07 bits per heavy atom. The van der Waals surface area contributed by atoms with Crippen molar-refractivity contribution < 1.29 is 9.21 Å². The minimum atomic E-state index is -0.150. The number of amides is 1. The Morgan fingerprint density at radius 1 is 1.57 bits per heavy atom. The summed E-state index contributed by atoms with van der Waals surface area (Å²) in [6.07, 6.45) is 0. The number of anilines is 1. The van der Waals surface area contributed by atoms with Crippen LogP contribution in [0.15, 0.2) is 27.1 Å². The highest BCUT2D eigenvalue weighted by Crippen LogP contribution is 2.25. The summed E-state index contributed by atoms with van der Waals surface area (Å²) in [4.78, 5) is 10.8. The van der Waals surface area contributed by atoms with Crippen molar-refractivity contribution in [2.45, 2.75) is 6.92 Å². The van der Waals surface area contributed by atoms with E-state index in [1.54, 1.807) is 6.07 Å². The van der Waals surface area contributed by atoms with Gasteiger partial charge in [0.15, 0.2) is 0 Å². The van der Waals surface area contributed by atoms with Crippen molar-refractivity contribution in [3.8, 4) is 0 Å². The van der Waals surface area contributed by atoms with E-state index in [1.807, 2.05) is 12.1 Å². The number of halogens is 1. The average molecular weight is 253 g/mol. The zero-order valence-corrected chi connectivity index (χ0v) is 9.01. The minimum absolute atomic E-state index is 0.150. The predicted molar refractivity (Wildman–Crippen MR) is 57.1 cm³/mol. The van der Waals surface area contributed by atoms with Gasteiger partial charge in [-0.2, -0.15) is 0 Å². The fourth-order valence-electron chi connectivity index (χ4n) is 1.17. The van der Waals surface area contributed by atoms with Gasteiger partial charge in [0.05, 0.1) is 0 Å². The van der Waals surface area contributed by atoms with Crippen LogP contribution in [0.4, 0.5) is 5.88 Å². The molecule has 1 N–H and O–H groups in total. The van der Waals surface area contributed by atoms with Gasteiger partial charge in [0.2, 0.25) is 11.8 Å². The van der Waals surface area contributed by atoms with Crippen LogP contribution in [-0.2, 0) is 4.79 Å². The highest BCUT2D eigenvalue weighted by atomic mass is 79.9. The molecule has 2 rings (SSSR count). The number of furan rings is 1. The third kappa shape index (κ3) is 1.80. The van der Waals surface area contributed by atoms with E-state index in [4.69, 9.17) is 4.42 Å². The van der Waals surface area contributed by atoms with Crippen LogP contribution in [0.3, 0.4) is 0 Å². The molecule has 1 aromatic carbocycles. The summed E-state index contributed by atoms with van der Waals surface area (Å²) in [5, 5.41) is 3.49. The molecule has 0 aliphatic heterocycles. The molecule has 0 saturated carbocycles. The maximum absolute atomic E-state index is 10.8. The Hall–Kier alpha value is -1.29. The largest absolute Gasteiger partial charge is 0.440 e. The van der Waals surface area contributed by atoms with Gasteiger partial charge in [0.1, 0.15) is 5.58 Å². The monoisotopic (exact) mass is 252 g/mol. The Kier molecular flexibility index (Phi) is 2.29. The van der Waals surface area contributed by atoms with Crippen LogP contribution in [0.5, 0.6) is 0 Å². The number of nitrogens with one attached hydrogen (secondary N) is 1. The van der Waals surface area contributed by atoms with Crippen LogP contribution < -0.4 is 5.32 Å². The molecule has 3 nitrogen and oxygen atoms in total. The zero-order chi connectivity index (χ0) is 10.1. The first-order valence-electron chi connectivity index (χ1n) is 4.04. The minimum Gasteiger partial charge on any atom is -0.440 e. The van der Waals surface area contributed by atoms with Crippen molar-refractivity contribution in [3.05, 3.63) is 28.7 Å². The summed E-state index contributed by atoms with van der Waals surface area (Å²) in [6.45, 7) is 1.44. The van der Waals surface area contributed by atoms with Crippen LogP contribution in [0, 0.1) is 6.07 Å². The topological polar surface area (TPSA) is 42.2 Å². The standard InChI is InChI=1S/C10H7BrNO2/c1-6(13)12-10-4-7-2-3-8(11)5-9(7)14-10/h2-4H,1H3,(H,12,13). The number of benzene rings is 1. The summed E-state index contributed by atoms with van der Waals surface area (Å²) >= 11 is 3.29. The third-order valence-corrected chi connectivity index (χ3v) is 2.16. The molecule has 1 heterocycles. The van der Waals surface area contributed by atoms with Crippen molar-refractivity contribution in [1.29, 1.82) is 0 Å². The second kappa shape index (κ2) is 3.46. The molecule has 0 bridgehead atoms. The summed E-state index contributed by atoms with van der Waals surface area (Å²) < 4.78 is 6.17. The molecule has 0 atom stereocenters. The Bertz CT molecular complexity index is 490. The first-order chi connectivity index (χ1) is 6.65. The molecule has 1 radical (unpaired) electrons. The van der Waals surface area contributed by atoms with E-state index in [2.05, 4.69) is 27.3 Å². The number of fused-ring (bicyclic) bond motifs is 1. The molecule has 2 aromatic rings. The van der Waals surface area contributed by atoms with Gasteiger partial charge in [-0.15, -0.1) is 0 Å². The Balaban J connectivity index is 2.46. The molecule has 1 aromatic heterocycles. The maximum Gasteiger partial charge on any atom is 0.223 e. The highest BCUT2D eigenvalue weighted by molar-refractivity contribution is 9.10. The molecule has 0 spiro atoms. The molecular weight excluding hydrogens is 246 g/mol. The van der Waals surface area contributed by atoms with E-state index in [9.17, 15) is 4.79 Å². The van der Waals surface area contributed by atoms with Gasteiger partial charge in [-0.05, 0) is 12.1 Å². The molecule has 71 valence electrons. The SMILES string of the molecule is CC(=O)Nc1cc2ccc(Br)[c]c2o1. The summed E-state index contributed by atoms with van der Waals surface area (Å²) in [5.41, 5.74) is 0.628. The number of carbonyl (C=O) groups excluding carboxylic acids is 1. The molecule has 0 fully saturated rings. The van der Waals surface area contributed by atoms with E-state index < -0.39 is 0 Å². The summed E-state index contributed by atoms with van der Waals surface area (Å²) in [5.74, 6) is 0.296. The van der Waals surface area contributed by atoms with Crippen molar-refractivity contribution >= 4 is 38.7 Å². The lowest BCUT2D eigenvalue weighted by Gasteiger charge is -1.92. The lowest BCUT2D eigenvalue weighted by Crippen LogP contribution is -2.04. The van der Waals surface area contributed by atoms with Gasteiger partial charge in [-0.1, -0.05) is 15.9 Å². The van der Waals surface area contributed by atoms with Gasteiger partial charge in [0.25, 0.3) is 0 Å². The number of carbonyl (C=O) groups is 1. The maximum atomic E-state index is 10.8. The van der Waals surface area contributed by atoms with Gasteiger partial charge in [-0.3, -0.25) is 10.1 Å². The normalized spacial score (nSPS) is 10.4. The lowest BCUT2D eigenvalue weighted by atomic mass is 10.3. The molecular formula is C10H7BrNO2. The van der Waals surface area contributed by atoms with E-state index in [1.165, 1.54) is 6.92 Å². The molecule has 0 unspecified atom stereocenters. The molecule has 4 heteroatoms. The number of rotatable bonds is 1. The van der Waals surface area contributed by atoms with Crippen LogP contribution >= 0.6 is 15.9 Å². The fraction of sp³-hybridized carbons (Fsp3) is 0.100. The molecule has 14 heavy (non-hydrogen) atoms. The second-order valence-corrected chi connectivity index (χ2v) is 3.74. The second-order valence-electron chi connectivity index (χ2n) is 2.88. The van der Waals surface area contributed by atoms with Crippen LogP contribution in [0.2, 0.25) is 0 Å². The van der Waals surface area contributed by atoms with Crippen molar-refractivity contribution in [3.63, 3.8) is 0 Å².